The molecular formula is C28H37N3O5. The molecule has 4 rings (SSSR count). The van der Waals surface area contributed by atoms with E-state index in [0.717, 1.165) is 42.9 Å². The van der Waals surface area contributed by atoms with Gasteiger partial charge < -0.3 is 29.7 Å². The van der Waals surface area contributed by atoms with Gasteiger partial charge in [-0.2, -0.15) is 0 Å². The van der Waals surface area contributed by atoms with Crippen LogP contribution in [0.1, 0.15) is 56.0 Å². The summed E-state index contributed by atoms with van der Waals surface area (Å²) >= 11 is 0. The Hall–Kier alpha value is -3.26. The summed E-state index contributed by atoms with van der Waals surface area (Å²) in [4.78, 5) is 28.6. The molecule has 0 unspecified atom stereocenters. The second kappa shape index (κ2) is 11.2. The Balaban J connectivity index is 1.37. The van der Waals surface area contributed by atoms with Gasteiger partial charge in [0.15, 0.2) is 0 Å². The first-order chi connectivity index (χ1) is 17.2. The topological polar surface area (TPSA) is 91.3 Å². The molecule has 1 fully saturated rings. The summed E-state index contributed by atoms with van der Waals surface area (Å²) < 4.78 is 11.9. The standard InChI is InChI=1S/C28H37N3O5/c1-28(2,3)36-27(34)30-16-12-22(13-17-30)35-25-7-4-6-24-23(25)14-18-31(24)21-10-8-20(9-11-21)26(33)29-15-5-19-32/h4,6-11,22,32H,5,12-19H2,1-3H3,(H,29,33). The number of rotatable bonds is 7. The lowest BCUT2D eigenvalue weighted by molar-refractivity contribution is 0.0126. The molecular weight excluding hydrogens is 458 g/mol. The molecule has 2 aliphatic rings. The lowest BCUT2D eigenvalue weighted by Gasteiger charge is -2.33. The van der Waals surface area contributed by atoms with Crippen molar-refractivity contribution in [1.29, 1.82) is 0 Å². The fraction of sp³-hybridized carbons (Fsp3) is 0.500. The average Bonchev–Trinajstić information content (AvgIpc) is 3.29. The molecule has 2 aromatic carbocycles. The monoisotopic (exact) mass is 495 g/mol. The Bertz CT molecular complexity index is 1060. The van der Waals surface area contributed by atoms with E-state index in [1.807, 2.05) is 57.2 Å². The number of fused-ring (bicyclic) bond motifs is 1. The number of ether oxygens (including phenoxy) is 2. The molecule has 0 saturated carbocycles. The van der Waals surface area contributed by atoms with Crippen molar-refractivity contribution >= 4 is 23.4 Å². The summed E-state index contributed by atoms with van der Waals surface area (Å²) in [6, 6.07) is 13.8. The van der Waals surface area contributed by atoms with Crippen LogP contribution in [0.3, 0.4) is 0 Å². The third-order valence-corrected chi connectivity index (χ3v) is 6.43. The molecule has 8 heteroatoms. The van der Waals surface area contributed by atoms with Crippen LogP contribution in [0.5, 0.6) is 5.75 Å². The number of carbonyl (C=O) groups is 2. The van der Waals surface area contributed by atoms with Gasteiger partial charge in [0.05, 0.1) is 0 Å². The first-order valence-corrected chi connectivity index (χ1v) is 12.8. The number of aliphatic hydroxyl groups excluding tert-OH is 1. The minimum absolute atomic E-state index is 0.0601. The van der Waals surface area contributed by atoms with Crippen LogP contribution in [0.4, 0.5) is 16.2 Å². The molecule has 36 heavy (non-hydrogen) atoms. The third kappa shape index (κ3) is 6.29. The largest absolute Gasteiger partial charge is 0.490 e. The second-order valence-corrected chi connectivity index (χ2v) is 10.3. The smallest absolute Gasteiger partial charge is 0.410 e. The van der Waals surface area contributed by atoms with Gasteiger partial charge in [-0.1, -0.05) is 6.07 Å². The molecule has 0 atom stereocenters. The average molecular weight is 496 g/mol. The van der Waals surface area contributed by atoms with Crippen molar-refractivity contribution in [2.75, 3.05) is 37.7 Å². The van der Waals surface area contributed by atoms with Crippen LogP contribution in [-0.2, 0) is 11.2 Å². The zero-order valence-electron chi connectivity index (χ0n) is 21.5. The van der Waals surface area contributed by atoms with Crippen molar-refractivity contribution in [2.45, 2.75) is 58.2 Å². The minimum atomic E-state index is -0.492. The Labute approximate surface area is 213 Å². The number of likely N-dealkylation sites (tertiary alicyclic amines) is 1. The van der Waals surface area contributed by atoms with Crippen LogP contribution in [0.25, 0.3) is 0 Å². The molecule has 0 aliphatic carbocycles. The van der Waals surface area contributed by atoms with Crippen molar-refractivity contribution in [3.8, 4) is 5.75 Å². The van der Waals surface area contributed by atoms with Gasteiger partial charge in [-0.05, 0) is 70.0 Å². The molecule has 2 amide bonds. The van der Waals surface area contributed by atoms with Gasteiger partial charge in [0.25, 0.3) is 5.91 Å². The Morgan fingerprint density at radius 3 is 2.44 bits per heavy atom. The molecule has 0 spiro atoms. The molecule has 0 radical (unpaired) electrons. The molecule has 194 valence electrons. The van der Waals surface area contributed by atoms with E-state index in [9.17, 15) is 9.59 Å². The number of nitrogens with zero attached hydrogens (tertiary/aromatic N) is 2. The lowest BCUT2D eigenvalue weighted by atomic mass is 10.1. The molecule has 2 N–H and O–H groups in total. The number of benzene rings is 2. The van der Waals surface area contributed by atoms with Crippen LogP contribution in [0.2, 0.25) is 0 Å². The Morgan fingerprint density at radius 2 is 1.78 bits per heavy atom. The quantitative estimate of drug-likeness (QED) is 0.558. The van der Waals surface area contributed by atoms with E-state index in [4.69, 9.17) is 14.6 Å². The van der Waals surface area contributed by atoms with Crippen molar-refractivity contribution in [3.63, 3.8) is 0 Å². The fourth-order valence-corrected chi connectivity index (χ4v) is 4.62. The van der Waals surface area contributed by atoms with Gasteiger partial charge in [0, 0.05) is 68.1 Å². The molecule has 0 aromatic heterocycles. The summed E-state index contributed by atoms with van der Waals surface area (Å²) in [6.45, 7) is 8.25. The van der Waals surface area contributed by atoms with Gasteiger partial charge >= 0.3 is 6.09 Å². The van der Waals surface area contributed by atoms with E-state index in [1.165, 1.54) is 5.56 Å². The maximum atomic E-state index is 12.3. The van der Waals surface area contributed by atoms with Crippen molar-refractivity contribution in [3.05, 3.63) is 53.6 Å². The molecule has 2 heterocycles. The fourth-order valence-electron chi connectivity index (χ4n) is 4.62. The Kier molecular flexibility index (Phi) is 8.04. The maximum absolute atomic E-state index is 12.3. The summed E-state index contributed by atoms with van der Waals surface area (Å²) in [5.41, 5.74) is 3.46. The zero-order valence-corrected chi connectivity index (χ0v) is 21.5. The number of hydrogen-bond donors (Lipinski definition) is 2. The highest BCUT2D eigenvalue weighted by Gasteiger charge is 2.29. The summed E-state index contributed by atoms with van der Waals surface area (Å²) in [5.74, 6) is 0.774. The predicted molar refractivity (Wildman–Crippen MR) is 139 cm³/mol. The van der Waals surface area contributed by atoms with Gasteiger partial charge in [-0.15, -0.1) is 0 Å². The number of amides is 2. The first-order valence-electron chi connectivity index (χ1n) is 12.8. The van der Waals surface area contributed by atoms with Gasteiger partial charge in [0.2, 0.25) is 0 Å². The normalized spacial score (nSPS) is 16.0. The lowest BCUT2D eigenvalue weighted by Crippen LogP contribution is -2.44. The highest BCUT2D eigenvalue weighted by molar-refractivity contribution is 5.94. The van der Waals surface area contributed by atoms with Gasteiger partial charge in [-0.3, -0.25) is 4.79 Å². The Morgan fingerprint density at radius 1 is 1.06 bits per heavy atom. The SMILES string of the molecule is CC(C)(C)OC(=O)N1CCC(Oc2cccc3c2CCN3c2ccc(C(=O)NCCCO)cc2)CC1. The van der Waals surface area contributed by atoms with Crippen LogP contribution in [-0.4, -0.2) is 66.5 Å². The van der Waals surface area contributed by atoms with Gasteiger partial charge in [-0.25, -0.2) is 4.79 Å². The van der Waals surface area contributed by atoms with E-state index < -0.39 is 5.60 Å². The number of piperidine rings is 1. The number of hydrogen-bond acceptors (Lipinski definition) is 6. The van der Waals surface area contributed by atoms with Crippen LogP contribution >= 0.6 is 0 Å². The van der Waals surface area contributed by atoms with E-state index in [2.05, 4.69) is 16.3 Å². The van der Waals surface area contributed by atoms with E-state index in [1.54, 1.807) is 4.90 Å². The maximum Gasteiger partial charge on any atom is 0.410 e. The van der Waals surface area contributed by atoms with Crippen molar-refractivity contribution in [1.82, 2.24) is 10.2 Å². The van der Waals surface area contributed by atoms with Crippen LogP contribution in [0.15, 0.2) is 42.5 Å². The van der Waals surface area contributed by atoms with E-state index >= 15 is 0 Å². The highest BCUT2D eigenvalue weighted by atomic mass is 16.6. The number of anilines is 2. The summed E-state index contributed by atoms with van der Waals surface area (Å²) in [5, 5.41) is 11.7. The molecule has 2 aromatic rings. The number of nitrogens with one attached hydrogen (secondary N) is 1. The second-order valence-electron chi connectivity index (χ2n) is 10.3. The summed E-state index contributed by atoms with van der Waals surface area (Å²) in [6.07, 6.45) is 2.77. The number of carbonyl (C=O) groups excluding carboxylic acids is 2. The van der Waals surface area contributed by atoms with Crippen molar-refractivity contribution in [2.24, 2.45) is 0 Å². The third-order valence-electron chi connectivity index (χ3n) is 6.43. The molecule has 0 bridgehead atoms. The summed E-state index contributed by atoms with van der Waals surface area (Å²) in [7, 11) is 0. The molecule has 1 saturated heterocycles. The van der Waals surface area contributed by atoms with Crippen LogP contribution in [0, 0.1) is 0 Å². The predicted octanol–water partition coefficient (Wildman–Crippen LogP) is 4.27. The van der Waals surface area contributed by atoms with E-state index in [0.29, 0.717) is 31.6 Å². The van der Waals surface area contributed by atoms with Crippen LogP contribution < -0.4 is 15.0 Å². The molecule has 8 nitrogen and oxygen atoms in total. The van der Waals surface area contributed by atoms with Gasteiger partial charge in [0.1, 0.15) is 17.5 Å². The minimum Gasteiger partial charge on any atom is -0.490 e. The van der Waals surface area contributed by atoms with E-state index in [-0.39, 0.29) is 24.7 Å². The zero-order chi connectivity index (χ0) is 25.7. The first kappa shape index (κ1) is 25.8. The number of aliphatic hydroxyl groups is 1. The van der Waals surface area contributed by atoms with Crippen molar-refractivity contribution < 1.29 is 24.2 Å². The molecule has 2 aliphatic heterocycles. The highest BCUT2D eigenvalue weighted by Crippen LogP contribution is 2.40.